The number of nitrogens with one attached hydrogen (secondary N) is 2. The summed E-state index contributed by atoms with van der Waals surface area (Å²) in [5.41, 5.74) is 1.41. The van der Waals surface area contributed by atoms with E-state index in [4.69, 9.17) is 4.74 Å². The van der Waals surface area contributed by atoms with Crippen molar-refractivity contribution in [1.82, 2.24) is 24.5 Å². The summed E-state index contributed by atoms with van der Waals surface area (Å²) >= 11 is 0. The molecule has 0 aliphatic carbocycles. The van der Waals surface area contributed by atoms with Crippen molar-refractivity contribution in [3.05, 3.63) is 61.3 Å². The van der Waals surface area contributed by atoms with Gasteiger partial charge in [-0.3, -0.25) is 4.57 Å². The predicted molar refractivity (Wildman–Crippen MR) is 118 cm³/mol. The second kappa shape index (κ2) is 7.99. The molecule has 0 radical (unpaired) electrons. The molecule has 5 N–H and O–H groups in total. The number of H-pyrrole nitrogens is 1. The number of fused-ring (bicyclic) bond motifs is 2. The Morgan fingerprint density at radius 2 is 2.12 bits per heavy atom. The number of hydrogen-bond acceptors (Lipinski definition) is 8. The first kappa shape index (κ1) is 20.6. The van der Waals surface area contributed by atoms with E-state index in [0.29, 0.717) is 23.5 Å². The van der Waals surface area contributed by atoms with Gasteiger partial charge < -0.3 is 30.4 Å². The summed E-state index contributed by atoms with van der Waals surface area (Å²) in [6.07, 6.45) is 3.51. The number of aliphatic hydroxyl groups is 3. The number of hydrogen-bond donors (Lipinski definition) is 5. The van der Waals surface area contributed by atoms with Crippen LogP contribution in [0.5, 0.6) is 0 Å². The topological polar surface area (TPSA) is 141 Å². The zero-order valence-corrected chi connectivity index (χ0v) is 17.2. The van der Waals surface area contributed by atoms with E-state index in [2.05, 4.69) is 37.9 Å². The van der Waals surface area contributed by atoms with Crippen molar-refractivity contribution in [3.8, 4) is 0 Å². The van der Waals surface area contributed by atoms with Crippen molar-refractivity contribution in [2.75, 3.05) is 18.5 Å². The molecule has 10 heteroatoms. The van der Waals surface area contributed by atoms with E-state index in [-0.39, 0.29) is 0 Å². The van der Waals surface area contributed by atoms with Crippen molar-refractivity contribution in [3.63, 3.8) is 0 Å². The standard InChI is InChI=1S/C22H24N6O4/c1-2-22(31)18(30)16(10-29)32-21(22)28-12-27-17-19(25-11-26-20(17)28)23-8-7-13-9-24-15-6-4-3-5-14(13)15/h2-6,9,11-12,16,18,21,24,29-31H,1,7-8,10H2,(H,23,25,26)/t16-,18-,21-,22-/m1/s1. The summed E-state index contributed by atoms with van der Waals surface area (Å²) in [6, 6.07) is 8.14. The van der Waals surface area contributed by atoms with Crippen LogP contribution in [0.3, 0.4) is 0 Å². The number of rotatable bonds is 7. The molecule has 0 saturated carbocycles. The number of ether oxygens (including phenoxy) is 1. The Morgan fingerprint density at radius 1 is 1.28 bits per heavy atom. The van der Waals surface area contributed by atoms with Crippen molar-refractivity contribution >= 4 is 27.9 Å². The van der Waals surface area contributed by atoms with E-state index < -0.39 is 30.6 Å². The molecule has 1 aliphatic rings. The van der Waals surface area contributed by atoms with Gasteiger partial charge in [0, 0.05) is 23.6 Å². The highest BCUT2D eigenvalue weighted by molar-refractivity contribution is 5.84. The predicted octanol–water partition coefficient (Wildman–Crippen LogP) is 1.13. The number of anilines is 1. The van der Waals surface area contributed by atoms with Gasteiger partial charge in [0.2, 0.25) is 0 Å². The number of nitrogens with zero attached hydrogens (tertiary/aromatic N) is 4. The fourth-order valence-electron chi connectivity index (χ4n) is 4.25. The zero-order valence-electron chi connectivity index (χ0n) is 17.2. The van der Waals surface area contributed by atoms with E-state index in [0.717, 1.165) is 11.9 Å². The van der Waals surface area contributed by atoms with E-state index in [1.165, 1.54) is 34.2 Å². The second-order valence-electron chi connectivity index (χ2n) is 7.83. The number of benzene rings is 1. The van der Waals surface area contributed by atoms with Crippen LogP contribution in [0.25, 0.3) is 22.1 Å². The molecular formula is C22H24N6O4. The average Bonchev–Trinajstić information content (AvgIpc) is 3.50. The van der Waals surface area contributed by atoms with Crippen LogP contribution in [-0.2, 0) is 11.2 Å². The minimum Gasteiger partial charge on any atom is -0.394 e. The molecule has 0 bridgehead atoms. The van der Waals surface area contributed by atoms with Gasteiger partial charge in [-0.1, -0.05) is 30.9 Å². The Hall–Kier alpha value is -3.31. The normalized spacial score (nSPS) is 25.5. The molecule has 0 amide bonds. The third-order valence-corrected chi connectivity index (χ3v) is 6.01. The van der Waals surface area contributed by atoms with Crippen LogP contribution in [-0.4, -0.2) is 70.8 Å². The average molecular weight is 436 g/mol. The first-order valence-electron chi connectivity index (χ1n) is 10.3. The molecule has 1 saturated heterocycles. The van der Waals surface area contributed by atoms with Crippen molar-refractivity contribution in [2.24, 2.45) is 0 Å². The Labute approximate surface area is 183 Å². The molecular weight excluding hydrogens is 412 g/mol. The zero-order chi connectivity index (χ0) is 22.3. The molecule has 10 nitrogen and oxygen atoms in total. The van der Waals surface area contributed by atoms with Gasteiger partial charge in [0.15, 0.2) is 28.8 Å². The quantitative estimate of drug-likeness (QED) is 0.272. The van der Waals surface area contributed by atoms with Crippen LogP contribution in [0.1, 0.15) is 11.8 Å². The monoisotopic (exact) mass is 436 g/mol. The van der Waals surface area contributed by atoms with Crippen LogP contribution in [0.4, 0.5) is 5.82 Å². The number of imidazole rings is 1. The number of aromatic amines is 1. The molecule has 32 heavy (non-hydrogen) atoms. The van der Waals surface area contributed by atoms with Crippen LogP contribution >= 0.6 is 0 Å². The molecule has 1 aromatic carbocycles. The molecule has 0 spiro atoms. The van der Waals surface area contributed by atoms with E-state index in [1.54, 1.807) is 0 Å². The molecule has 4 aromatic rings. The Kier molecular flexibility index (Phi) is 5.14. The number of aliphatic hydroxyl groups excluding tert-OH is 2. The largest absolute Gasteiger partial charge is 0.394 e. The molecule has 4 atom stereocenters. The van der Waals surface area contributed by atoms with Crippen LogP contribution < -0.4 is 5.32 Å². The van der Waals surface area contributed by atoms with Gasteiger partial charge in [-0.15, -0.1) is 0 Å². The summed E-state index contributed by atoms with van der Waals surface area (Å²) in [7, 11) is 0. The van der Waals surface area contributed by atoms with Gasteiger partial charge in [0.1, 0.15) is 18.5 Å². The van der Waals surface area contributed by atoms with Crippen molar-refractivity contribution in [2.45, 2.75) is 30.5 Å². The highest BCUT2D eigenvalue weighted by atomic mass is 16.6. The summed E-state index contributed by atoms with van der Waals surface area (Å²) in [6.45, 7) is 3.80. The van der Waals surface area contributed by atoms with Gasteiger partial charge in [0.25, 0.3) is 0 Å². The molecule has 3 aromatic heterocycles. The van der Waals surface area contributed by atoms with E-state index >= 15 is 0 Å². The summed E-state index contributed by atoms with van der Waals surface area (Å²) in [4.78, 5) is 16.3. The van der Waals surface area contributed by atoms with Crippen molar-refractivity contribution < 1.29 is 20.1 Å². The lowest BCUT2D eigenvalue weighted by Gasteiger charge is -2.28. The van der Waals surface area contributed by atoms with Gasteiger partial charge in [-0.2, -0.15) is 0 Å². The van der Waals surface area contributed by atoms with Crippen LogP contribution in [0.2, 0.25) is 0 Å². The Balaban J connectivity index is 1.39. The first-order valence-corrected chi connectivity index (χ1v) is 10.3. The van der Waals surface area contributed by atoms with Gasteiger partial charge in [-0.25, -0.2) is 15.0 Å². The lowest BCUT2D eigenvalue weighted by atomic mass is 9.94. The van der Waals surface area contributed by atoms with Crippen LogP contribution in [0, 0.1) is 0 Å². The maximum absolute atomic E-state index is 10.9. The molecule has 1 fully saturated rings. The number of aromatic nitrogens is 5. The highest BCUT2D eigenvalue weighted by Gasteiger charge is 2.54. The van der Waals surface area contributed by atoms with Crippen LogP contribution in [0.15, 0.2) is 55.8 Å². The Morgan fingerprint density at radius 3 is 2.94 bits per heavy atom. The highest BCUT2D eigenvalue weighted by Crippen LogP contribution is 2.40. The maximum atomic E-state index is 10.9. The van der Waals surface area contributed by atoms with Gasteiger partial charge in [0.05, 0.1) is 12.9 Å². The summed E-state index contributed by atoms with van der Waals surface area (Å²) in [5.74, 6) is 0.549. The lowest BCUT2D eigenvalue weighted by Crippen LogP contribution is -2.45. The van der Waals surface area contributed by atoms with E-state index in [1.807, 2.05) is 24.4 Å². The lowest BCUT2D eigenvalue weighted by molar-refractivity contribution is -0.0771. The second-order valence-corrected chi connectivity index (χ2v) is 7.83. The fraction of sp³-hybridized carbons (Fsp3) is 0.318. The fourth-order valence-corrected chi connectivity index (χ4v) is 4.25. The third kappa shape index (κ3) is 3.16. The summed E-state index contributed by atoms with van der Waals surface area (Å²) in [5, 5.41) is 35.3. The SMILES string of the molecule is C=C[C@@]1(O)[C@H](O)[C@@H](CO)O[C@H]1n1cnc2c(NCCc3c[nH]c4ccccc34)ncnc21. The minimum atomic E-state index is -1.81. The smallest absolute Gasteiger partial charge is 0.172 e. The summed E-state index contributed by atoms with van der Waals surface area (Å²) < 4.78 is 7.23. The number of para-hydroxylation sites is 1. The third-order valence-electron chi connectivity index (χ3n) is 6.01. The van der Waals surface area contributed by atoms with Crippen molar-refractivity contribution in [1.29, 1.82) is 0 Å². The van der Waals surface area contributed by atoms with E-state index in [9.17, 15) is 15.3 Å². The molecule has 1 aliphatic heterocycles. The Bertz CT molecular complexity index is 1270. The molecule has 0 unspecified atom stereocenters. The maximum Gasteiger partial charge on any atom is 0.172 e. The van der Waals surface area contributed by atoms with Gasteiger partial charge >= 0.3 is 0 Å². The first-order chi connectivity index (χ1) is 15.6. The van der Waals surface area contributed by atoms with Gasteiger partial charge in [-0.05, 0) is 18.1 Å². The molecule has 166 valence electrons. The minimum absolute atomic E-state index is 0.422. The molecule has 4 heterocycles. The molecule has 5 rings (SSSR count).